The van der Waals surface area contributed by atoms with Gasteiger partial charge in [-0.3, -0.25) is 0 Å². The third-order valence-corrected chi connectivity index (χ3v) is 0.526. The molecule has 0 aromatic carbocycles. The Hall–Kier alpha value is -0.260. The van der Waals surface area contributed by atoms with Crippen molar-refractivity contribution in [2.75, 3.05) is 0 Å². The van der Waals surface area contributed by atoms with Crippen LogP contribution in [0.4, 0.5) is 0 Å². The van der Waals surface area contributed by atoms with E-state index in [9.17, 15) is 0 Å². The molecule has 0 aromatic heterocycles. The summed E-state index contributed by atoms with van der Waals surface area (Å²) in [6.07, 6.45) is 8.00. The molecule has 2 radical (unpaired) electrons. The minimum atomic E-state index is 0.983. The van der Waals surface area contributed by atoms with Crippen molar-refractivity contribution in [1.82, 2.24) is 0 Å². The number of allylic oxidation sites excluding steroid dienone is 2. The fraction of sp³-hybridized carbons (Fsp3) is 0.500. The molecule has 34 valence electrons. The Morgan fingerprint density at radius 2 is 2.17 bits per heavy atom. The summed E-state index contributed by atoms with van der Waals surface area (Å²) >= 11 is 0. The Morgan fingerprint density at radius 1 is 1.50 bits per heavy atom. The second-order valence-electron chi connectivity index (χ2n) is 1.11. The third kappa shape index (κ3) is 3.74. The van der Waals surface area contributed by atoms with E-state index in [0.29, 0.717) is 0 Å². The fourth-order valence-corrected chi connectivity index (χ4v) is 0.236. The Bertz CT molecular complexity index is 35.3. The largest absolute Gasteiger partial charge is 0.0842 e. The van der Waals surface area contributed by atoms with Crippen molar-refractivity contribution >= 4 is 0 Å². The van der Waals surface area contributed by atoms with E-state index in [4.69, 9.17) is 0 Å². The van der Waals surface area contributed by atoms with Crippen LogP contribution in [0.5, 0.6) is 0 Å². The summed E-state index contributed by atoms with van der Waals surface area (Å²) in [5.74, 6) is 0. The lowest BCUT2D eigenvalue weighted by Crippen LogP contribution is -1.58. The number of unbranched alkanes of at least 4 members (excludes halogenated alkanes) is 1. The van der Waals surface area contributed by atoms with Gasteiger partial charge >= 0.3 is 0 Å². The lowest BCUT2D eigenvalue weighted by Gasteiger charge is -1.74. The third-order valence-electron chi connectivity index (χ3n) is 0.526. The van der Waals surface area contributed by atoms with E-state index >= 15 is 0 Å². The smallest absolute Gasteiger partial charge is 0.0251 e. The number of hydrogen-bond donors (Lipinski definition) is 0. The zero-order valence-electron chi connectivity index (χ0n) is 4.36. The maximum absolute atomic E-state index is 3.02. The molecule has 0 heterocycles. The van der Waals surface area contributed by atoms with E-state index in [2.05, 4.69) is 12.5 Å². The Balaban J connectivity index is 2.66. The summed E-state index contributed by atoms with van der Waals surface area (Å²) in [5, 5.41) is 0. The highest BCUT2D eigenvalue weighted by Gasteiger charge is 1.66. The molecule has 0 aliphatic carbocycles. The van der Waals surface area contributed by atoms with E-state index in [1.807, 2.05) is 19.9 Å². The lowest BCUT2D eigenvalue weighted by molar-refractivity contribution is 1.17. The van der Waals surface area contributed by atoms with E-state index in [-0.39, 0.29) is 0 Å². The topological polar surface area (TPSA) is 0 Å². The summed E-state index contributed by atoms with van der Waals surface area (Å²) in [5.41, 5.74) is 0. The molecule has 0 heteroatoms. The van der Waals surface area contributed by atoms with Crippen LogP contribution in [0.25, 0.3) is 0 Å². The summed E-state index contributed by atoms with van der Waals surface area (Å²) in [4.78, 5) is 0. The van der Waals surface area contributed by atoms with Crippen molar-refractivity contribution in [3.05, 3.63) is 18.6 Å². The minimum Gasteiger partial charge on any atom is -0.0842 e. The fourth-order valence-electron chi connectivity index (χ4n) is 0.236. The van der Waals surface area contributed by atoms with Gasteiger partial charge in [0.1, 0.15) is 0 Å². The van der Waals surface area contributed by atoms with E-state index in [0.717, 1.165) is 6.42 Å². The van der Waals surface area contributed by atoms with Crippen molar-refractivity contribution in [1.29, 1.82) is 0 Å². The molecule has 0 aliphatic rings. The molecular formula is C6H10. The average Bonchev–Trinajstić information content (AvgIpc) is 1.61. The molecule has 0 spiro atoms. The molecule has 0 rings (SSSR count). The van der Waals surface area contributed by atoms with Gasteiger partial charge < -0.3 is 0 Å². The zero-order chi connectivity index (χ0) is 4.83. The standard InChI is InChI=1S/C6H10/c1-3-5-6-4-2/h3-4H,5H2,1-2H3. The van der Waals surface area contributed by atoms with E-state index < -0.39 is 0 Å². The van der Waals surface area contributed by atoms with Gasteiger partial charge in [0.25, 0.3) is 0 Å². The van der Waals surface area contributed by atoms with Crippen molar-refractivity contribution in [2.45, 2.75) is 20.3 Å². The van der Waals surface area contributed by atoms with Crippen molar-refractivity contribution in [3.8, 4) is 0 Å². The van der Waals surface area contributed by atoms with Crippen LogP contribution in [-0.2, 0) is 0 Å². The molecule has 0 aromatic rings. The Morgan fingerprint density at radius 3 is 2.33 bits per heavy atom. The van der Waals surface area contributed by atoms with Gasteiger partial charge in [-0.2, -0.15) is 0 Å². The molecule has 0 saturated heterocycles. The summed E-state index contributed by atoms with van der Waals surface area (Å²) in [6, 6.07) is 0. The van der Waals surface area contributed by atoms with Crippen LogP contribution < -0.4 is 0 Å². The zero-order valence-corrected chi connectivity index (χ0v) is 4.36. The Kier molecular flexibility index (Phi) is 4.53. The monoisotopic (exact) mass is 82.1 g/mol. The highest BCUT2D eigenvalue weighted by atomic mass is 13.7. The predicted molar refractivity (Wildman–Crippen MR) is 28.1 cm³/mol. The molecule has 6 heavy (non-hydrogen) atoms. The van der Waals surface area contributed by atoms with Crippen LogP contribution in [-0.4, -0.2) is 0 Å². The number of hydrogen-bond acceptors (Lipinski definition) is 0. The first kappa shape index (κ1) is 5.74. The lowest BCUT2D eigenvalue weighted by atomic mass is 10.3. The average molecular weight is 82.1 g/mol. The first-order valence-electron chi connectivity index (χ1n) is 2.21. The first-order valence-corrected chi connectivity index (χ1v) is 2.21. The molecule has 0 unspecified atom stereocenters. The SMILES string of the molecule is C[CH]C/[C]=C/C. The normalized spacial score (nSPS) is 10.3. The van der Waals surface area contributed by atoms with Crippen molar-refractivity contribution in [2.24, 2.45) is 0 Å². The van der Waals surface area contributed by atoms with Crippen LogP contribution >= 0.6 is 0 Å². The molecule has 0 N–H and O–H groups in total. The van der Waals surface area contributed by atoms with Crippen LogP contribution in [0.15, 0.2) is 6.08 Å². The first-order chi connectivity index (χ1) is 2.91. The van der Waals surface area contributed by atoms with Crippen LogP contribution in [0.2, 0.25) is 0 Å². The van der Waals surface area contributed by atoms with E-state index in [1.165, 1.54) is 0 Å². The van der Waals surface area contributed by atoms with Gasteiger partial charge in [0.15, 0.2) is 0 Å². The second kappa shape index (κ2) is 4.74. The van der Waals surface area contributed by atoms with Crippen molar-refractivity contribution < 1.29 is 0 Å². The molecule has 0 saturated carbocycles. The minimum absolute atomic E-state index is 0.983. The maximum Gasteiger partial charge on any atom is -0.0251 e. The maximum atomic E-state index is 3.02. The molecule has 0 bridgehead atoms. The van der Waals surface area contributed by atoms with Gasteiger partial charge in [-0.1, -0.05) is 13.0 Å². The predicted octanol–water partition coefficient (Wildman–Crippen LogP) is 1.98. The molecule has 0 nitrogen and oxygen atoms in total. The molecule has 0 aliphatic heterocycles. The molecule has 0 amide bonds. The molecule has 0 atom stereocenters. The van der Waals surface area contributed by atoms with Gasteiger partial charge in [0.05, 0.1) is 0 Å². The van der Waals surface area contributed by atoms with Gasteiger partial charge in [0.2, 0.25) is 0 Å². The van der Waals surface area contributed by atoms with Crippen LogP contribution in [0.1, 0.15) is 20.3 Å². The van der Waals surface area contributed by atoms with Gasteiger partial charge in [-0.05, 0) is 25.8 Å². The molecular weight excluding hydrogens is 72.1 g/mol. The quantitative estimate of drug-likeness (QED) is 0.478. The van der Waals surface area contributed by atoms with E-state index in [1.54, 1.807) is 0 Å². The molecule has 0 fully saturated rings. The van der Waals surface area contributed by atoms with Gasteiger partial charge in [-0.25, -0.2) is 0 Å². The van der Waals surface area contributed by atoms with Gasteiger partial charge in [0, 0.05) is 0 Å². The summed E-state index contributed by atoms with van der Waals surface area (Å²) < 4.78 is 0. The highest BCUT2D eigenvalue weighted by molar-refractivity contribution is 4.72. The highest BCUT2D eigenvalue weighted by Crippen LogP contribution is 1.82. The van der Waals surface area contributed by atoms with Crippen LogP contribution in [0, 0.1) is 12.5 Å². The Labute approximate surface area is 39.9 Å². The summed E-state index contributed by atoms with van der Waals surface area (Å²) in [7, 11) is 0. The number of rotatable bonds is 2. The second-order valence-corrected chi connectivity index (χ2v) is 1.11. The van der Waals surface area contributed by atoms with Crippen molar-refractivity contribution in [3.63, 3.8) is 0 Å². The van der Waals surface area contributed by atoms with Gasteiger partial charge in [-0.15, -0.1) is 0 Å². The summed E-state index contributed by atoms with van der Waals surface area (Å²) in [6.45, 7) is 4.00. The van der Waals surface area contributed by atoms with Crippen LogP contribution in [0.3, 0.4) is 0 Å².